The van der Waals surface area contributed by atoms with Crippen molar-refractivity contribution in [3.63, 3.8) is 0 Å². The van der Waals surface area contributed by atoms with Crippen LogP contribution in [0.25, 0.3) is 5.76 Å². The second-order valence-electron chi connectivity index (χ2n) is 3.38. The van der Waals surface area contributed by atoms with Gasteiger partial charge in [-0.3, -0.25) is 0 Å². The molecule has 0 saturated heterocycles. The topological polar surface area (TPSA) is 26.3 Å². The standard InChI is InChI=1S/C12H13O2.ClH.Hg/c1-3-7-12(14-10(2)13)11-8-5-4-6-9-11;;/h4-6,8-9H,3H2,1-2H3;1H;/q;;+1/p-1. The minimum absolute atomic E-state index is 0.289. The van der Waals surface area contributed by atoms with Gasteiger partial charge in [0, 0.05) is 0 Å². The van der Waals surface area contributed by atoms with Crippen LogP contribution in [0.5, 0.6) is 0 Å². The Kier molecular flexibility index (Phi) is 6.06. The third-order valence-electron chi connectivity index (χ3n) is 2.19. The van der Waals surface area contributed by atoms with Crippen LogP contribution >= 0.6 is 8.25 Å². The summed E-state index contributed by atoms with van der Waals surface area (Å²) in [6.07, 6.45) is 0.864. The molecule has 0 aromatic heterocycles. The first-order valence-electron chi connectivity index (χ1n) is 5.20. The number of hydrogen-bond acceptors (Lipinski definition) is 2. The predicted molar refractivity (Wildman–Crippen MR) is 61.3 cm³/mol. The molecule has 1 aromatic rings. The van der Waals surface area contributed by atoms with Gasteiger partial charge in [0.25, 0.3) is 0 Å². The monoisotopic (exact) mass is 426 g/mol. The summed E-state index contributed by atoms with van der Waals surface area (Å²) in [6, 6.07) is 9.67. The fourth-order valence-corrected chi connectivity index (χ4v) is 6.39. The second-order valence-corrected chi connectivity index (χ2v) is 10.1. The Hall–Kier alpha value is -0.345. The van der Waals surface area contributed by atoms with Crippen LogP contribution in [0, 0.1) is 0 Å². The van der Waals surface area contributed by atoms with Gasteiger partial charge < -0.3 is 0 Å². The van der Waals surface area contributed by atoms with Crippen LogP contribution in [0.3, 0.4) is 0 Å². The van der Waals surface area contributed by atoms with Crippen molar-refractivity contribution in [3.8, 4) is 0 Å². The molecule has 4 heteroatoms. The summed E-state index contributed by atoms with van der Waals surface area (Å²) < 4.78 is 6.45. The van der Waals surface area contributed by atoms with Crippen molar-refractivity contribution in [3.05, 3.63) is 39.0 Å². The molecule has 0 fully saturated rings. The van der Waals surface area contributed by atoms with E-state index in [-0.39, 0.29) is 5.97 Å². The Morgan fingerprint density at radius 3 is 2.44 bits per heavy atom. The molecule has 0 atom stereocenters. The molecule has 1 rings (SSSR count). The summed E-state index contributed by atoms with van der Waals surface area (Å²) in [5.41, 5.74) is 0.940. The molecule has 0 aliphatic carbocycles. The zero-order valence-electron chi connectivity index (χ0n) is 9.50. The molecule has 0 bridgehead atoms. The van der Waals surface area contributed by atoms with E-state index in [1.54, 1.807) is 0 Å². The summed E-state index contributed by atoms with van der Waals surface area (Å²) >= 11 is -1.55. The maximum absolute atomic E-state index is 11.1. The molecule has 0 unspecified atom stereocenters. The van der Waals surface area contributed by atoms with Gasteiger partial charge in [0.1, 0.15) is 0 Å². The first-order chi connectivity index (χ1) is 7.69. The van der Waals surface area contributed by atoms with E-state index in [4.69, 9.17) is 13.0 Å². The third kappa shape index (κ3) is 3.91. The van der Waals surface area contributed by atoms with Crippen LogP contribution in [-0.4, -0.2) is 5.97 Å². The Balaban J connectivity index is 3.15. The number of esters is 1. The molecule has 16 heavy (non-hydrogen) atoms. The average Bonchev–Trinajstić information content (AvgIpc) is 2.30. The van der Waals surface area contributed by atoms with Gasteiger partial charge in [-0.25, -0.2) is 0 Å². The molecule has 0 aliphatic rings. The van der Waals surface area contributed by atoms with E-state index < -0.39 is 23.3 Å². The van der Waals surface area contributed by atoms with E-state index in [0.29, 0.717) is 5.76 Å². The Bertz CT molecular complexity index is 381. The molecular formula is C12H13ClHgO2. The van der Waals surface area contributed by atoms with Gasteiger partial charge in [-0.1, -0.05) is 0 Å². The minimum atomic E-state index is -1.55. The number of carbonyl (C=O) groups is 1. The zero-order valence-corrected chi connectivity index (χ0v) is 15.7. The number of allylic oxidation sites excluding steroid dienone is 1. The van der Waals surface area contributed by atoms with E-state index in [1.165, 1.54) is 6.92 Å². The molecule has 1 aromatic carbocycles. The Labute approximate surface area is 112 Å². The van der Waals surface area contributed by atoms with Crippen LogP contribution in [-0.2, 0) is 32.9 Å². The fraction of sp³-hybridized carbons (Fsp3) is 0.250. The summed E-state index contributed by atoms with van der Waals surface area (Å²) in [5.74, 6) is 0.399. The van der Waals surface area contributed by atoms with Crippen molar-refractivity contribution in [2.24, 2.45) is 0 Å². The quantitative estimate of drug-likeness (QED) is 0.419. The van der Waals surface area contributed by atoms with Gasteiger partial charge in [-0.05, 0) is 0 Å². The van der Waals surface area contributed by atoms with Crippen molar-refractivity contribution in [2.45, 2.75) is 20.3 Å². The van der Waals surface area contributed by atoms with Gasteiger partial charge in [-0.2, -0.15) is 0 Å². The predicted octanol–water partition coefficient (Wildman–Crippen LogP) is 3.56. The number of rotatable bonds is 4. The van der Waals surface area contributed by atoms with Crippen LogP contribution in [0.1, 0.15) is 25.8 Å². The second kappa shape index (κ2) is 7.07. The van der Waals surface area contributed by atoms with Gasteiger partial charge in [0.05, 0.1) is 0 Å². The maximum atomic E-state index is 11.1. The van der Waals surface area contributed by atoms with Crippen LogP contribution in [0.4, 0.5) is 0 Å². The summed E-state index contributed by atoms with van der Waals surface area (Å²) in [7, 11) is 6.07. The van der Waals surface area contributed by atoms with Gasteiger partial charge in [0.2, 0.25) is 0 Å². The van der Waals surface area contributed by atoms with Crippen LogP contribution < -0.4 is 0 Å². The zero-order chi connectivity index (χ0) is 12.0. The molecule has 0 aliphatic heterocycles. The van der Waals surface area contributed by atoms with E-state index >= 15 is 0 Å². The number of hydrogen-bond donors (Lipinski definition) is 0. The average molecular weight is 425 g/mol. The molecule has 0 N–H and O–H groups in total. The molecule has 0 radical (unpaired) electrons. The van der Waals surface area contributed by atoms with Crippen molar-refractivity contribution >= 4 is 20.0 Å². The van der Waals surface area contributed by atoms with E-state index in [0.717, 1.165) is 15.1 Å². The van der Waals surface area contributed by atoms with Crippen molar-refractivity contribution < 1.29 is 32.9 Å². The number of ether oxygens (including phenoxy) is 1. The molecule has 0 heterocycles. The van der Waals surface area contributed by atoms with Crippen molar-refractivity contribution in [2.75, 3.05) is 0 Å². The van der Waals surface area contributed by atoms with Crippen LogP contribution in [0.15, 0.2) is 33.4 Å². The van der Waals surface area contributed by atoms with Gasteiger partial charge in [-0.15, -0.1) is 0 Å². The third-order valence-corrected chi connectivity index (χ3v) is 9.47. The number of halogens is 1. The number of carbonyl (C=O) groups excluding carboxylic acids is 1. The van der Waals surface area contributed by atoms with Crippen molar-refractivity contribution in [1.29, 1.82) is 0 Å². The van der Waals surface area contributed by atoms with Crippen molar-refractivity contribution in [1.82, 2.24) is 0 Å². The van der Waals surface area contributed by atoms with E-state index in [2.05, 4.69) is 0 Å². The van der Waals surface area contributed by atoms with Gasteiger partial charge >= 0.3 is 112 Å². The van der Waals surface area contributed by atoms with Gasteiger partial charge in [0.15, 0.2) is 0 Å². The first-order valence-corrected chi connectivity index (χ1v) is 14.7. The summed E-state index contributed by atoms with van der Waals surface area (Å²) in [6.45, 7) is 3.46. The molecule has 0 amide bonds. The normalized spacial score (nSPS) is 11.4. The first kappa shape index (κ1) is 13.7. The van der Waals surface area contributed by atoms with E-state index in [9.17, 15) is 4.79 Å². The molecule has 82 valence electrons. The Morgan fingerprint density at radius 1 is 1.38 bits per heavy atom. The molecule has 2 nitrogen and oxygen atoms in total. The number of benzene rings is 1. The van der Waals surface area contributed by atoms with Crippen LogP contribution in [0.2, 0.25) is 0 Å². The summed E-state index contributed by atoms with van der Waals surface area (Å²) in [5, 5.41) is 0. The van der Waals surface area contributed by atoms with E-state index in [1.807, 2.05) is 37.3 Å². The molecule has 0 saturated carbocycles. The SMILES string of the molecule is CC/[C]([Hg][Cl])=C(\OC(C)=O)c1ccccc1. The Morgan fingerprint density at radius 2 is 2.00 bits per heavy atom. The molecule has 0 spiro atoms. The summed E-state index contributed by atoms with van der Waals surface area (Å²) in [4.78, 5) is 11.1. The fourth-order valence-electron chi connectivity index (χ4n) is 1.38. The molecular weight excluding hydrogens is 412 g/mol.